The Kier molecular flexibility index (Phi) is 9.27. The molecule has 6 heteroatoms. The van der Waals surface area contributed by atoms with Crippen molar-refractivity contribution >= 4 is 23.6 Å². The number of nitrogens with one attached hydrogen (secondary N) is 3. The zero-order valence-corrected chi connectivity index (χ0v) is 16.8. The minimum absolute atomic E-state index is 0.0636. The summed E-state index contributed by atoms with van der Waals surface area (Å²) < 4.78 is 0. The van der Waals surface area contributed by atoms with Crippen LogP contribution in [0.2, 0.25) is 0 Å². The normalized spacial score (nSPS) is 11.1. The van der Waals surface area contributed by atoms with E-state index < -0.39 is 0 Å². The lowest BCUT2D eigenvalue weighted by Crippen LogP contribution is -2.38. The molecule has 0 spiro atoms. The van der Waals surface area contributed by atoms with Crippen LogP contribution in [0.1, 0.15) is 22.8 Å². The van der Waals surface area contributed by atoms with Crippen LogP contribution in [0.4, 0.5) is 0 Å². The fourth-order valence-corrected chi connectivity index (χ4v) is 3.30. The lowest BCUT2D eigenvalue weighted by atomic mass is 10.1. The molecule has 0 saturated heterocycles. The van der Waals surface area contributed by atoms with Gasteiger partial charge in [0.15, 0.2) is 5.96 Å². The average Bonchev–Trinajstić information content (AvgIpc) is 2.71. The monoisotopic (exact) mass is 384 g/mol. The lowest BCUT2D eigenvalue weighted by molar-refractivity contribution is 0.0963. The van der Waals surface area contributed by atoms with E-state index in [1.165, 1.54) is 4.90 Å². The van der Waals surface area contributed by atoms with Crippen molar-refractivity contribution in [2.75, 3.05) is 32.4 Å². The third-order valence-electron chi connectivity index (χ3n) is 3.84. The summed E-state index contributed by atoms with van der Waals surface area (Å²) in [6.07, 6.45) is 0.792. The first-order valence-electron chi connectivity index (χ1n) is 9.24. The van der Waals surface area contributed by atoms with Crippen molar-refractivity contribution in [1.29, 1.82) is 0 Å². The van der Waals surface area contributed by atoms with Gasteiger partial charge in [-0.05, 0) is 43.2 Å². The van der Waals surface area contributed by atoms with Crippen molar-refractivity contribution in [3.05, 3.63) is 65.7 Å². The molecule has 0 heterocycles. The Hall–Kier alpha value is -2.47. The number of guanidine groups is 1. The summed E-state index contributed by atoms with van der Waals surface area (Å²) in [5, 5.41) is 9.29. The van der Waals surface area contributed by atoms with Gasteiger partial charge in [0.05, 0.1) is 0 Å². The van der Waals surface area contributed by atoms with Crippen molar-refractivity contribution in [2.45, 2.75) is 18.2 Å². The molecule has 1 amide bonds. The van der Waals surface area contributed by atoms with E-state index in [1.807, 2.05) is 42.1 Å². The van der Waals surface area contributed by atoms with Gasteiger partial charge in [-0.25, -0.2) is 0 Å². The topological polar surface area (TPSA) is 65.5 Å². The summed E-state index contributed by atoms with van der Waals surface area (Å²) in [5.74, 6) is 1.74. The second-order valence-corrected chi connectivity index (χ2v) is 7.05. The van der Waals surface area contributed by atoms with Crippen LogP contribution in [-0.4, -0.2) is 44.3 Å². The molecule has 0 fully saturated rings. The van der Waals surface area contributed by atoms with E-state index in [9.17, 15) is 4.79 Å². The highest BCUT2D eigenvalue weighted by atomic mass is 32.2. The number of carbonyl (C=O) groups excluding carboxylic acids is 1. The minimum Gasteiger partial charge on any atom is -0.357 e. The average molecular weight is 385 g/mol. The summed E-state index contributed by atoms with van der Waals surface area (Å²) in [5.41, 5.74) is 1.79. The highest BCUT2D eigenvalue weighted by Crippen LogP contribution is 2.15. The van der Waals surface area contributed by atoms with Gasteiger partial charge < -0.3 is 16.0 Å². The first-order valence-corrected chi connectivity index (χ1v) is 10.2. The number of nitrogens with zero attached hydrogens (tertiary/aromatic N) is 1. The molecule has 3 N–H and O–H groups in total. The van der Waals surface area contributed by atoms with Gasteiger partial charge in [-0.3, -0.25) is 9.79 Å². The standard InChI is InChI=1S/C21H28N4OS/c1-3-23-21(25-14-15-27-19-10-5-4-6-11-19)24-13-12-17-8-7-9-18(16-17)20(26)22-2/h4-11,16H,3,12-15H2,1-2H3,(H,22,26)(H2,23,24,25). The molecule has 0 aliphatic heterocycles. The Balaban J connectivity index is 1.79. The van der Waals surface area contributed by atoms with E-state index in [4.69, 9.17) is 0 Å². The maximum absolute atomic E-state index is 11.7. The number of rotatable bonds is 9. The number of carbonyl (C=O) groups is 1. The molecule has 0 aliphatic carbocycles. The Morgan fingerprint density at radius 3 is 2.63 bits per heavy atom. The van der Waals surface area contributed by atoms with Crippen LogP contribution in [-0.2, 0) is 6.42 Å². The molecule has 0 unspecified atom stereocenters. The number of amides is 1. The third-order valence-corrected chi connectivity index (χ3v) is 4.85. The second kappa shape index (κ2) is 12.0. The van der Waals surface area contributed by atoms with Crippen LogP contribution in [0, 0.1) is 0 Å². The number of hydrogen-bond acceptors (Lipinski definition) is 3. The lowest BCUT2D eigenvalue weighted by Gasteiger charge is -2.11. The zero-order chi connectivity index (χ0) is 19.3. The molecule has 27 heavy (non-hydrogen) atoms. The number of thioether (sulfide) groups is 1. The van der Waals surface area contributed by atoms with E-state index in [2.05, 4.69) is 52.1 Å². The van der Waals surface area contributed by atoms with E-state index in [-0.39, 0.29) is 5.91 Å². The van der Waals surface area contributed by atoms with Crippen LogP contribution < -0.4 is 16.0 Å². The van der Waals surface area contributed by atoms with E-state index in [0.29, 0.717) is 12.1 Å². The van der Waals surface area contributed by atoms with Gasteiger partial charge in [0.1, 0.15) is 0 Å². The molecular formula is C21H28N4OS. The molecule has 2 rings (SSSR count). The molecule has 0 radical (unpaired) electrons. The van der Waals surface area contributed by atoms with E-state index >= 15 is 0 Å². The first-order chi connectivity index (χ1) is 13.2. The number of benzene rings is 2. The molecule has 0 aliphatic rings. The maximum Gasteiger partial charge on any atom is 0.251 e. The van der Waals surface area contributed by atoms with Gasteiger partial charge in [0, 0.05) is 42.9 Å². The summed E-state index contributed by atoms with van der Waals surface area (Å²) in [6, 6.07) is 18.1. The van der Waals surface area contributed by atoms with Crippen molar-refractivity contribution in [3.63, 3.8) is 0 Å². The minimum atomic E-state index is -0.0636. The van der Waals surface area contributed by atoms with Crippen LogP contribution in [0.25, 0.3) is 0 Å². The molecular weight excluding hydrogens is 356 g/mol. The van der Waals surface area contributed by atoms with E-state index in [1.54, 1.807) is 7.05 Å². The van der Waals surface area contributed by atoms with Gasteiger partial charge in [0.25, 0.3) is 5.91 Å². The molecule has 144 valence electrons. The highest BCUT2D eigenvalue weighted by Gasteiger charge is 2.03. The zero-order valence-electron chi connectivity index (χ0n) is 16.0. The molecule has 0 aromatic heterocycles. The van der Waals surface area contributed by atoms with Crippen LogP contribution >= 0.6 is 11.8 Å². The van der Waals surface area contributed by atoms with Crippen molar-refractivity contribution in [2.24, 2.45) is 4.99 Å². The summed E-state index contributed by atoms with van der Waals surface area (Å²) in [7, 11) is 1.64. The van der Waals surface area contributed by atoms with Gasteiger partial charge in [-0.2, -0.15) is 0 Å². The van der Waals surface area contributed by atoms with Gasteiger partial charge in [-0.15, -0.1) is 11.8 Å². The van der Waals surface area contributed by atoms with Crippen LogP contribution in [0.5, 0.6) is 0 Å². The van der Waals surface area contributed by atoms with E-state index in [0.717, 1.165) is 36.8 Å². The number of hydrogen-bond donors (Lipinski definition) is 3. The summed E-state index contributed by atoms with van der Waals surface area (Å²) in [4.78, 5) is 17.6. The SMILES string of the molecule is CCNC(=NCCc1cccc(C(=O)NC)c1)NCCSc1ccccc1. The summed E-state index contributed by atoms with van der Waals surface area (Å²) >= 11 is 1.82. The second-order valence-electron chi connectivity index (χ2n) is 5.88. The van der Waals surface area contributed by atoms with Crippen molar-refractivity contribution in [3.8, 4) is 0 Å². The van der Waals surface area contributed by atoms with Crippen LogP contribution in [0.15, 0.2) is 64.5 Å². The molecule has 0 bridgehead atoms. The van der Waals surface area contributed by atoms with Crippen molar-refractivity contribution < 1.29 is 4.79 Å². The molecule has 0 saturated carbocycles. The predicted octanol–water partition coefficient (Wildman–Crippen LogP) is 2.94. The molecule has 5 nitrogen and oxygen atoms in total. The number of aliphatic imine (C=N–C) groups is 1. The van der Waals surface area contributed by atoms with Crippen LogP contribution in [0.3, 0.4) is 0 Å². The van der Waals surface area contributed by atoms with Gasteiger partial charge >= 0.3 is 0 Å². The fourth-order valence-electron chi connectivity index (χ4n) is 2.51. The predicted molar refractivity (Wildman–Crippen MR) is 115 cm³/mol. The first kappa shape index (κ1) is 20.8. The molecule has 2 aromatic rings. The smallest absolute Gasteiger partial charge is 0.251 e. The Morgan fingerprint density at radius 1 is 1.07 bits per heavy atom. The maximum atomic E-state index is 11.7. The molecule has 2 aromatic carbocycles. The summed E-state index contributed by atoms with van der Waals surface area (Å²) in [6.45, 7) is 4.39. The Morgan fingerprint density at radius 2 is 1.89 bits per heavy atom. The van der Waals surface area contributed by atoms with Gasteiger partial charge in [0.2, 0.25) is 0 Å². The van der Waals surface area contributed by atoms with Crippen molar-refractivity contribution in [1.82, 2.24) is 16.0 Å². The fraction of sp³-hybridized carbons (Fsp3) is 0.333. The van der Waals surface area contributed by atoms with Gasteiger partial charge in [-0.1, -0.05) is 30.3 Å². The highest BCUT2D eigenvalue weighted by molar-refractivity contribution is 7.99. The Labute approximate surface area is 166 Å². The Bertz CT molecular complexity index is 734. The quantitative estimate of drug-likeness (QED) is 0.269. The third kappa shape index (κ3) is 7.74. The largest absolute Gasteiger partial charge is 0.357 e. The molecule has 0 atom stereocenters.